The van der Waals surface area contributed by atoms with Crippen LogP contribution in [0.2, 0.25) is 0 Å². The first-order chi connectivity index (χ1) is 7.39. The van der Waals surface area contributed by atoms with E-state index in [1.165, 1.54) is 0 Å². The van der Waals surface area contributed by atoms with Crippen molar-refractivity contribution < 1.29 is 9.90 Å². The normalized spacial score (nSPS) is 27.6. The molecule has 0 aromatic heterocycles. The lowest BCUT2D eigenvalue weighted by molar-refractivity contribution is -0.145. The van der Waals surface area contributed by atoms with Crippen LogP contribution in [0.5, 0.6) is 0 Å². The summed E-state index contributed by atoms with van der Waals surface area (Å²) in [5.74, 6) is -0.790. The Morgan fingerprint density at radius 2 is 2.19 bits per heavy atom. The van der Waals surface area contributed by atoms with E-state index in [4.69, 9.17) is 0 Å². The average molecular weight is 229 g/mol. The molecule has 2 atom stereocenters. The van der Waals surface area contributed by atoms with E-state index in [0.717, 1.165) is 19.6 Å². The topological polar surface area (TPSA) is 55.8 Å². The van der Waals surface area contributed by atoms with E-state index < -0.39 is 11.5 Å². The van der Waals surface area contributed by atoms with E-state index >= 15 is 0 Å². The highest BCUT2D eigenvalue weighted by Crippen LogP contribution is 2.12. The second kappa shape index (κ2) is 5.12. The highest BCUT2D eigenvalue weighted by molar-refractivity contribution is 5.78. The molecule has 0 radical (unpaired) electrons. The van der Waals surface area contributed by atoms with Gasteiger partial charge in [0.2, 0.25) is 0 Å². The van der Waals surface area contributed by atoms with Gasteiger partial charge in [-0.15, -0.1) is 0 Å². The SMILES string of the molecule is CNC(C)(CN1CCN(C)C(C)C1)C(=O)O. The van der Waals surface area contributed by atoms with Gasteiger partial charge in [0.1, 0.15) is 5.54 Å². The maximum Gasteiger partial charge on any atom is 0.324 e. The zero-order chi connectivity index (χ0) is 12.3. The number of hydrogen-bond donors (Lipinski definition) is 2. The number of nitrogens with zero attached hydrogens (tertiary/aromatic N) is 2. The number of carboxylic acid groups (broad SMARTS) is 1. The lowest BCUT2D eigenvalue weighted by Crippen LogP contribution is -2.60. The lowest BCUT2D eigenvalue weighted by atomic mass is 10.0. The number of likely N-dealkylation sites (N-methyl/N-ethyl adjacent to an activating group) is 2. The predicted octanol–water partition coefficient (Wildman–Crippen LogP) is -0.315. The number of carbonyl (C=O) groups is 1. The first-order valence-electron chi connectivity index (χ1n) is 5.74. The van der Waals surface area contributed by atoms with Gasteiger partial charge in [-0.25, -0.2) is 0 Å². The first-order valence-corrected chi connectivity index (χ1v) is 5.74. The smallest absolute Gasteiger partial charge is 0.324 e. The van der Waals surface area contributed by atoms with Crippen LogP contribution in [0.15, 0.2) is 0 Å². The predicted molar refractivity (Wildman–Crippen MR) is 63.6 cm³/mol. The van der Waals surface area contributed by atoms with Crippen molar-refractivity contribution >= 4 is 5.97 Å². The Hall–Kier alpha value is -0.650. The fourth-order valence-electron chi connectivity index (χ4n) is 1.97. The highest BCUT2D eigenvalue weighted by Gasteiger charge is 2.35. The molecule has 5 heteroatoms. The summed E-state index contributed by atoms with van der Waals surface area (Å²) in [6, 6.07) is 0.489. The zero-order valence-electron chi connectivity index (χ0n) is 10.7. The molecule has 94 valence electrons. The second-order valence-electron chi connectivity index (χ2n) is 4.95. The monoisotopic (exact) mass is 229 g/mol. The molecule has 0 aromatic rings. The Bertz CT molecular complexity index is 260. The van der Waals surface area contributed by atoms with Gasteiger partial charge in [0.25, 0.3) is 0 Å². The molecule has 1 fully saturated rings. The van der Waals surface area contributed by atoms with Crippen molar-refractivity contribution in [3.05, 3.63) is 0 Å². The standard InChI is InChI=1S/C11H23N3O2/c1-9-7-14(6-5-13(9)4)8-11(2,12-3)10(15)16/h9,12H,5-8H2,1-4H3,(H,15,16). The molecule has 16 heavy (non-hydrogen) atoms. The quantitative estimate of drug-likeness (QED) is 0.692. The lowest BCUT2D eigenvalue weighted by Gasteiger charge is -2.40. The Labute approximate surface area is 97.4 Å². The van der Waals surface area contributed by atoms with Gasteiger partial charge >= 0.3 is 5.97 Å². The number of rotatable bonds is 4. The maximum atomic E-state index is 11.2. The zero-order valence-corrected chi connectivity index (χ0v) is 10.7. The van der Waals surface area contributed by atoms with Gasteiger partial charge in [-0.2, -0.15) is 0 Å². The van der Waals surface area contributed by atoms with Crippen molar-refractivity contribution in [2.75, 3.05) is 40.3 Å². The molecule has 2 N–H and O–H groups in total. The van der Waals surface area contributed by atoms with E-state index in [9.17, 15) is 9.90 Å². The Morgan fingerprint density at radius 1 is 1.56 bits per heavy atom. The molecule has 5 nitrogen and oxygen atoms in total. The fraction of sp³-hybridized carbons (Fsp3) is 0.909. The Morgan fingerprint density at radius 3 is 2.62 bits per heavy atom. The summed E-state index contributed by atoms with van der Waals surface area (Å²) >= 11 is 0. The fourth-order valence-corrected chi connectivity index (χ4v) is 1.97. The summed E-state index contributed by atoms with van der Waals surface area (Å²) in [5.41, 5.74) is -0.852. The molecule has 0 aliphatic carbocycles. The average Bonchev–Trinajstić information content (AvgIpc) is 2.23. The van der Waals surface area contributed by atoms with E-state index in [1.807, 2.05) is 0 Å². The minimum absolute atomic E-state index is 0.489. The molecule has 1 saturated heterocycles. The van der Waals surface area contributed by atoms with E-state index in [-0.39, 0.29) is 0 Å². The van der Waals surface area contributed by atoms with Gasteiger partial charge in [-0.05, 0) is 27.9 Å². The van der Waals surface area contributed by atoms with Crippen molar-refractivity contribution in [3.8, 4) is 0 Å². The molecular formula is C11H23N3O2. The van der Waals surface area contributed by atoms with E-state index in [2.05, 4.69) is 29.1 Å². The summed E-state index contributed by atoms with van der Waals surface area (Å²) < 4.78 is 0. The van der Waals surface area contributed by atoms with Crippen LogP contribution in [-0.4, -0.2) is 72.7 Å². The number of nitrogens with one attached hydrogen (secondary N) is 1. The minimum Gasteiger partial charge on any atom is -0.480 e. The number of aliphatic carboxylic acids is 1. The van der Waals surface area contributed by atoms with Crippen LogP contribution in [0.1, 0.15) is 13.8 Å². The Balaban J connectivity index is 2.57. The van der Waals surface area contributed by atoms with E-state index in [1.54, 1.807) is 14.0 Å². The van der Waals surface area contributed by atoms with Crippen molar-refractivity contribution in [3.63, 3.8) is 0 Å². The van der Waals surface area contributed by atoms with Gasteiger partial charge in [0, 0.05) is 32.2 Å². The van der Waals surface area contributed by atoms with Crippen molar-refractivity contribution in [1.29, 1.82) is 0 Å². The largest absolute Gasteiger partial charge is 0.480 e. The molecule has 1 rings (SSSR count). The summed E-state index contributed by atoms with van der Waals surface area (Å²) in [7, 11) is 3.81. The third-order valence-corrected chi connectivity index (χ3v) is 3.61. The third-order valence-electron chi connectivity index (χ3n) is 3.61. The van der Waals surface area contributed by atoms with Crippen LogP contribution in [0.4, 0.5) is 0 Å². The molecular weight excluding hydrogens is 206 g/mol. The second-order valence-corrected chi connectivity index (χ2v) is 4.95. The number of piperazine rings is 1. The number of hydrogen-bond acceptors (Lipinski definition) is 4. The summed E-state index contributed by atoms with van der Waals surface area (Å²) in [6.45, 7) is 7.33. The van der Waals surface area contributed by atoms with Gasteiger partial charge in [-0.1, -0.05) is 0 Å². The molecule has 0 spiro atoms. The minimum atomic E-state index is -0.852. The van der Waals surface area contributed by atoms with Crippen LogP contribution < -0.4 is 5.32 Å². The Kier molecular flexibility index (Phi) is 4.29. The first kappa shape index (κ1) is 13.4. The molecule has 0 amide bonds. The van der Waals surface area contributed by atoms with Crippen molar-refractivity contribution in [2.45, 2.75) is 25.4 Å². The van der Waals surface area contributed by atoms with Gasteiger partial charge in [-0.3, -0.25) is 9.69 Å². The molecule has 0 bridgehead atoms. The van der Waals surface area contributed by atoms with Crippen LogP contribution in [0, 0.1) is 0 Å². The van der Waals surface area contributed by atoms with Crippen LogP contribution in [-0.2, 0) is 4.79 Å². The summed E-state index contributed by atoms with van der Waals surface area (Å²) in [4.78, 5) is 15.7. The van der Waals surface area contributed by atoms with Gasteiger partial charge < -0.3 is 15.3 Å². The molecule has 1 aliphatic heterocycles. The van der Waals surface area contributed by atoms with Crippen LogP contribution >= 0.6 is 0 Å². The van der Waals surface area contributed by atoms with Crippen LogP contribution in [0.25, 0.3) is 0 Å². The molecule has 1 heterocycles. The summed E-state index contributed by atoms with van der Waals surface area (Å²) in [6.07, 6.45) is 0. The van der Waals surface area contributed by atoms with Crippen molar-refractivity contribution in [2.24, 2.45) is 0 Å². The van der Waals surface area contributed by atoms with E-state index in [0.29, 0.717) is 12.6 Å². The highest BCUT2D eigenvalue weighted by atomic mass is 16.4. The maximum absolute atomic E-state index is 11.2. The van der Waals surface area contributed by atoms with Crippen LogP contribution in [0.3, 0.4) is 0 Å². The summed E-state index contributed by atoms with van der Waals surface area (Å²) in [5, 5.41) is 12.1. The van der Waals surface area contributed by atoms with Gasteiger partial charge in [0.05, 0.1) is 0 Å². The van der Waals surface area contributed by atoms with Crippen molar-refractivity contribution in [1.82, 2.24) is 15.1 Å². The van der Waals surface area contributed by atoms with Gasteiger partial charge in [0.15, 0.2) is 0 Å². The molecule has 1 aliphatic rings. The molecule has 2 unspecified atom stereocenters. The molecule has 0 saturated carbocycles. The number of carboxylic acids is 1. The molecule has 0 aromatic carbocycles. The third kappa shape index (κ3) is 2.93.